The Hall–Kier alpha value is -1.64. The van der Waals surface area contributed by atoms with Gasteiger partial charge in [-0.3, -0.25) is 9.78 Å². The van der Waals surface area contributed by atoms with Crippen LogP contribution in [0.5, 0.6) is 0 Å². The SMILES string of the molecule is CC1CC=C2CC(NC(=O)c3ccncc3)CC[C@]2(C)C1C. The number of rotatable bonds is 2. The van der Waals surface area contributed by atoms with Crippen molar-refractivity contribution in [3.8, 4) is 0 Å². The van der Waals surface area contributed by atoms with Crippen molar-refractivity contribution in [2.45, 2.75) is 52.5 Å². The van der Waals surface area contributed by atoms with Gasteiger partial charge >= 0.3 is 0 Å². The quantitative estimate of drug-likeness (QED) is 0.839. The van der Waals surface area contributed by atoms with Crippen LogP contribution >= 0.6 is 0 Å². The highest BCUT2D eigenvalue weighted by Gasteiger charge is 2.43. The molecule has 1 aromatic heterocycles. The van der Waals surface area contributed by atoms with Crippen molar-refractivity contribution in [2.75, 3.05) is 0 Å². The van der Waals surface area contributed by atoms with Gasteiger partial charge in [-0.25, -0.2) is 0 Å². The van der Waals surface area contributed by atoms with Gasteiger partial charge < -0.3 is 5.32 Å². The van der Waals surface area contributed by atoms with Gasteiger partial charge in [0.2, 0.25) is 0 Å². The molecule has 0 bridgehead atoms. The molecule has 0 spiro atoms. The largest absolute Gasteiger partial charge is 0.349 e. The average molecular weight is 298 g/mol. The molecule has 1 saturated carbocycles. The molecule has 1 aromatic rings. The summed E-state index contributed by atoms with van der Waals surface area (Å²) in [4.78, 5) is 16.3. The Morgan fingerprint density at radius 2 is 2.05 bits per heavy atom. The summed E-state index contributed by atoms with van der Waals surface area (Å²) in [5, 5.41) is 3.20. The summed E-state index contributed by atoms with van der Waals surface area (Å²) in [7, 11) is 0. The van der Waals surface area contributed by atoms with Gasteiger partial charge in [0.15, 0.2) is 0 Å². The number of fused-ring (bicyclic) bond motifs is 1. The Kier molecular flexibility index (Phi) is 4.07. The second kappa shape index (κ2) is 5.86. The van der Waals surface area contributed by atoms with Crippen LogP contribution in [0.15, 0.2) is 36.2 Å². The van der Waals surface area contributed by atoms with Crippen LogP contribution in [0.3, 0.4) is 0 Å². The standard InChI is InChI=1S/C19H26N2O/c1-13-4-5-16-12-17(6-9-19(16,3)14(13)2)21-18(22)15-7-10-20-11-8-15/h5,7-8,10-11,13-14,17H,4,6,9,12H2,1-3H3,(H,21,22)/t13?,14?,17?,19-/m1/s1. The Morgan fingerprint density at radius 1 is 1.32 bits per heavy atom. The first-order chi connectivity index (χ1) is 10.5. The van der Waals surface area contributed by atoms with Gasteiger partial charge in [0.25, 0.3) is 5.91 Å². The number of allylic oxidation sites excluding steroid dienone is 1. The molecule has 1 N–H and O–H groups in total. The van der Waals surface area contributed by atoms with E-state index in [0.717, 1.165) is 24.7 Å². The van der Waals surface area contributed by atoms with Gasteiger partial charge in [0, 0.05) is 24.0 Å². The second-order valence-electron chi connectivity index (χ2n) is 7.30. The molecule has 2 aliphatic rings. The van der Waals surface area contributed by atoms with E-state index in [0.29, 0.717) is 11.0 Å². The first-order valence-electron chi connectivity index (χ1n) is 8.41. The molecule has 1 heterocycles. The summed E-state index contributed by atoms with van der Waals surface area (Å²) in [5.74, 6) is 1.51. The van der Waals surface area contributed by atoms with E-state index in [1.165, 1.54) is 12.8 Å². The van der Waals surface area contributed by atoms with Gasteiger partial charge in [-0.05, 0) is 55.1 Å². The Balaban J connectivity index is 1.69. The van der Waals surface area contributed by atoms with E-state index in [1.807, 2.05) is 0 Å². The lowest BCUT2D eigenvalue weighted by molar-refractivity contribution is 0.0884. The number of pyridine rings is 1. The van der Waals surface area contributed by atoms with Crippen LogP contribution in [0.1, 0.15) is 56.8 Å². The predicted molar refractivity (Wildman–Crippen MR) is 88.5 cm³/mol. The highest BCUT2D eigenvalue weighted by molar-refractivity contribution is 5.94. The molecule has 1 fully saturated rings. The highest BCUT2D eigenvalue weighted by atomic mass is 16.1. The van der Waals surface area contributed by atoms with Crippen molar-refractivity contribution in [2.24, 2.45) is 17.3 Å². The normalized spacial score (nSPS) is 34.5. The number of nitrogens with one attached hydrogen (secondary N) is 1. The van der Waals surface area contributed by atoms with Gasteiger partial charge in [-0.15, -0.1) is 0 Å². The number of carbonyl (C=O) groups excluding carboxylic acids is 1. The maximum atomic E-state index is 12.3. The van der Waals surface area contributed by atoms with Crippen molar-refractivity contribution in [3.05, 3.63) is 41.7 Å². The molecule has 22 heavy (non-hydrogen) atoms. The monoisotopic (exact) mass is 298 g/mol. The summed E-state index contributed by atoms with van der Waals surface area (Å²) < 4.78 is 0. The first kappa shape index (κ1) is 15.3. The van der Waals surface area contributed by atoms with E-state index in [9.17, 15) is 4.79 Å². The molecule has 3 heteroatoms. The molecule has 118 valence electrons. The molecule has 3 rings (SSSR count). The van der Waals surface area contributed by atoms with E-state index in [-0.39, 0.29) is 11.9 Å². The minimum atomic E-state index is 0.0221. The van der Waals surface area contributed by atoms with E-state index in [1.54, 1.807) is 30.1 Å². The van der Waals surface area contributed by atoms with Crippen LogP contribution in [0.4, 0.5) is 0 Å². The minimum absolute atomic E-state index is 0.0221. The molecular formula is C19H26N2O. The minimum Gasteiger partial charge on any atom is -0.349 e. The molecule has 3 nitrogen and oxygen atoms in total. The van der Waals surface area contributed by atoms with Gasteiger partial charge in [-0.1, -0.05) is 32.4 Å². The third-order valence-corrected chi connectivity index (χ3v) is 6.08. The van der Waals surface area contributed by atoms with Gasteiger partial charge in [-0.2, -0.15) is 0 Å². The van der Waals surface area contributed by atoms with Crippen molar-refractivity contribution < 1.29 is 4.79 Å². The first-order valence-corrected chi connectivity index (χ1v) is 8.41. The summed E-state index contributed by atoms with van der Waals surface area (Å²) in [6, 6.07) is 3.80. The maximum Gasteiger partial charge on any atom is 0.251 e. The number of hydrogen-bond acceptors (Lipinski definition) is 2. The Morgan fingerprint density at radius 3 is 2.77 bits per heavy atom. The number of amides is 1. The molecule has 0 aromatic carbocycles. The Labute approximate surface area is 133 Å². The van der Waals surface area contributed by atoms with Gasteiger partial charge in [0.05, 0.1) is 0 Å². The van der Waals surface area contributed by atoms with Gasteiger partial charge in [0.1, 0.15) is 0 Å². The van der Waals surface area contributed by atoms with Crippen LogP contribution in [0.2, 0.25) is 0 Å². The summed E-state index contributed by atoms with van der Waals surface area (Å²) in [6.45, 7) is 7.17. The molecular weight excluding hydrogens is 272 g/mol. The fourth-order valence-electron chi connectivity index (χ4n) is 4.13. The lowest BCUT2D eigenvalue weighted by Gasteiger charge is -2.49. The molecule has 0 radical (unpaired) electrons. The number of carbonyl (C=O) groups is 1. The van der Waals surface area contributed by atoms with Crippen molar-refractivity contribution in [1.82, 2.24) is 10.3 Å². The zero-order chi connectivity index (χ0) is 15.7. The number of hydrogen-bond donors (Lipinski definition) is 1. The van der Waals surface area contributed by atoms with Crippen LogP contribution in [-0.4, -0.2) is 16.9 Å². The van der Waals surface area contributed by atoms with E-state index in [4.69, 9.17) is 0 Å². The molecule has 0 aliphatic heterocycles. The maximum absolute atomic E-state index is 12.3. The molecule has 3 unspecified atom stereocenters. The smallest absolute Gasteiger partial charge is 0.251 e. The van der Waals surface area contributed by atoms with E-state index in [2.05, 4.69) is 37.1 Å². The van der Waals surface area contributed by atoms with E-state index < -0.39 is 0 Å². The molecule has 1 amide bonds. The second-order valence-corrected chi connectivity index (χ2v) is 7.30. The highest BCUT2D eigenvalue weighted by Crippen LogP contribution is 2.52. The lowest BCUT2D eigenvalue weighted by atomic mass is 9.57. The topological polar surface area (TPSA) is 42.0 Å². The van der Waals surface area contributed by atoms with Crippen molar-refractivity contribution >= 4 is 5.91 Å². The molecule has 2 aliphatic carbocycles. The fourth-order valence-corrected chi connectivity index (χ4v) is 4.13. The molecule has 4 atom stereocenters. The number of nitrogens with zero attached hydrogens (tertiary/aromatic N) is 1. The van der Waals surface area contributed by atoms with Crippen LogP contribution in [0.25, 0.3) is 0 Å². The lowest BCUT2D eigenvalue weighted by Crippen LogP contribution is -2.45. The summed E-state index contributed by atoms with van der Waals surface area (Å²) >= 11 is 0. The van der Waals surface area contributed by atoms with Crippen LogP contribution in [0, 0.1) is 17.3 Å². The van der Waals surface area contributed by atoms with Crippen molar-refractivity contribution in [1.29, 1.82) is 0 Å². The predicted octanol–water partition coefficient (Wildman–Crippen LogP) is 3.97. The Bertz CT molecular complexity index is 580. The van der Waals surface area contributed by atoms with Crippen LogP contribution < -0.4 is 5.32 Å². The van der Waals surface area contributed by atoms with Crippen molar-refractivity contribution in [3.63, 3.8) is 0 Å². The third kappa shape index (κ3) is 2.69. The summed E-state index contributed by atoms with van der Waals surface area (Å²) in [5.41, 5.74) is 2.59. The van der Waals surface area contributed by atoms with Crippen LogP contribution in [-0.2, 0) is 0 Å². The zero-order valence-electron chi connectivity index (χ0n) is 13.8. The third-order valence-electron chi connectivity index (χ3n) is 6.08. The fraction of sp³-hybridized carbons (Fsp3) is 0.579. The average Bonchev–Trinajstić information content (AvgIpc) is 2.54. The van der Waals surface area contributed by atoms with E-state index >= 15 is 0 Å². The molecule has 0 saturated heterocycles. The number of aromatic nitrogens is 1. The summed E-state index contributed by atoms with van der Waals surface area (Å²) in [6.07, 6.45) is 10.2. The zero-order valence-corrected chi connectivity index (χ0v) is 13.8.